The molecule has 2 N–H and O–H groups in total. The number of carbonyl (C=O) groups excluding carboxylic acids is 1. The molecular weight excluding hydrogens is 341 g/mol. The zero-order valence-corrected chi connectivity index (χ0v) is 18.4. The van der Waals surface area contributed by atoms with Crippen molar-refractivity contribution in [3.63, 3.8) is 0 Å². The molecule has 0 amide bonds. The van der Waals surface area contributed by atoms with E-state index in [1.54, 1.807) is 6.07 Å². The quantitative estimate of drug-likeness (QED) is 0.608. The molecule has 0 heterocycles. The van der Waals surface area contributed by atoms with Crippen molar-refractivity contribution in [3.8, 4) is 0 Å². The Morgan fingerprint density at radius 1 is 1.12 bits per heavy atom. The second kappa shape index (κ2) is 10.6. The van der Waals surface area contributed by atoms with Gasteiger partial charge in [-0.3, -0.25) is 0 Å². The van der Waals surface area contributed by atoms with Gasteiger partial charge in [0.25, 0.3) is 0 Å². The smallest absolute Gasteiger partial charge is 0.548 e. The molecule has 0 fully saturated rings. The van der Waals surface area contributed by atoms with E-state index in [0.717, 1.165) is 16.7 Å². The number of benzene rings is 2. The number of aliphatic hydroxyl groups excluding tert-OH is 1. The van der Waals surface area contributed by atoms with E-state index in [2.05, 4.69) is 5.32 Å². The summed E-state index contributed by atoms with van der Waals surface area (Å²) in [7, 11) is 0. The molecule has 2 rings (SSSR count). The second-order valence-corrected chi connectivity index (χ2v) is 6.22. The molecule has 3 atom stereocenters. The Morgan fingerprint density at radius 3 is 2.36 bits per heavy atom. The molecule has 0 radical (unpaired) electrons. The van der Waals surface area contributed by atoms with Crippen LogP contribution in [0.4, 0.5) is 0 Å². The fraction of sp³-hybridized carbons (Fsp3) is 0.350. The molecule has 5 heteroatoms. The Bertz CT molecular complexity index is 691. The number of carboxylic acid groups (broad SMARTS) is 1. The van der Waals surface area contributed by atoms with E-state index in [0.29, 0.717) is 5.56 Å². The first-order valence-corrected chi connectivity index (χ1v) is 8.15. The zero-order chi connectivity index (χ0) is 17.7. The Balaban J connectivity index is 0.00000312. The maximum absolute atomic E-state index is 11.6. The number of aliphatic hydroxyl groups is 1. The summed E-state index contributed by atoms with van der Waals surface area (Å²) in [5.41, 5.74) is 3.64. The Morgan fingerprint density at radius 2 is 1.76 bits per heavy atom. The summed E-state index contributed by atoms with van der Waals surface area (Å²) in [5.74, 6) is -1.29. The predicted molar refractivity (Wildman–Crippen MR) is 92.5 cm³/mol. The van der Waals surface area contributed by atoms with E-state index < -0.39 is 18.1 Å². The first kappa shape index (κ1) is 22.5. The van der Waals surface area contributed by atoms with Gasteiger partial charge in [-0.2, -0.15) is 0 Å². The molecule has 0 aliphatic heterocycles. The molecule has 128 valence electrons. The molecule has 25 heavy (non-hydrogen) atoms. The first-order valence-electron chi connectivity index (χ1n) is 8.15. The minimum atomic E-state index is -1.19. The molecule has 0 aliphatic rings. The average Bonchev–Trinajstić information content (AvgIpc) is 2.58. The van der Waals surface area contributed by atoms with E-state index in [1.165, 1.54) is 0 Å². The topological polar surface area (TPSA) is 72.4 Å². The van der Waals surface area contributed by atoms with E-state index in [1.807, 2.05) is 63.2 Å². The standard InChI is InChI=1S/C20H25NO3.K/c1-13-8-7-11-17(14(13)2)19(20(23)24)21-12-18(22)15(3)16-9-5-4-6-10-16;/h4-11,15,18-19,21-22H,12H2,1-3H3,(H,23,24);/q;+1/p-1. The van der Waals surface area contributed by atoms with E-state index in [-0.39, 0.29) is 63.8 Å². The normalized spacial score (nSPS) is 14.2. The van der Waals surface area contributed by atoms with Crippen molar-refractivity contribution >= 4 is 5.97 Å². The summed E-state index contributed by atoms with van der Waals surface area (Å²) in [5, 5.41) is 24.9. The van der Waals surface area contributed by atoms with E-state index >= 15 is 0 Å². The van der Waals surface area contributed by atoms with Crippen LogP contribution >= 0.6 is 0 Å². The van der Waals surface area contributed by atoms with Crippen LogP contribution in [0.2, 0.25) is 0 Å². The molecule has 0 saturated carbocycles. The van der Waals surface area contributed by atoms with Gasteiger partial charge in [0.1, 0.15) is 0 Å². The number of hydrogen-bond donors (Lipinski definition) is 2. The van der Waals surface area contributed by atoms with Crippen LogP contribution in [0.15, 0.2) is 48.5 Å². The van der Waals surface area contributed by atoms with E-state index in [4.69, 9.17) is 0 Å². The van der Waals surface area contributed by atoms with Gasteiger partial charge in [-0.15, -0.1) is 0 Å². The molecule has 2 aromatic carbocycles. The maximum atomic E-state index is 11.6. The van der Waals surface area contributed by atoms with Crippen LogP contribution in [0, 0.1) is 13.8 Å². The number of aryl methyl sites for hydroxylation is 1. The largest absolute Gasteiger partial charge is 1.00 e. The van der Waals surface area contributed by atoms with Crippen LogP contribution in [0.1, 0.15) is 41.1 Å². The third-order valence-corrected chi connectivity index (χ3v) is 4.63. The van der Waals surface area contributed by atoms with Crippen molar-refractivity contribution in [3.05, 3.63) is 70.8 Å². The van der Waals surface area contributed by atoms with Crippen molar-refractivity contribution in [2.75, 3.05) is 6.54 Å². The van der Waals surface area contributed by atoms with Gasteiger partial charge in [0.15, 0.2) is 0 Å². The molecule has 4 nitrogen and oxygen atoms in total. The molecule has 3 unspecified atom stereocenters. The third-order valence-electron chi connectivity index (χ3n) is 4.63. The summed E-state index contributed by atoms with van der Waals surface area (Å²) >= 11 is 0. The Labute approximate surface area is 192 Å². The van der Waals surface area contributed by atoms with Crippen molar-refractivity contribution < 1.29 is 66.4 Å². The zero-order valence-electron chi connectivity index (χ0n) is 15.3. The molecular formula is C20H24KNO3. The number of nitrogens with one attached hydrogen (secondary N) is 1. The van der Waals surface area contributed by atoms with Crippen molar-refractivity contribution in [1.29, 1.82) is 0 Å². The van der Waals surface area contributed by atoms with Crippen LogP contribution in [0.25, 0.3) is 0 Å². The molecule has 0 saturated heterocycles. The number of carbonyl (C=O) groups is 1. The maximum Gasteiger partial charge on any atom is 1.00 e. The van der Waals surface area contributed by atoms with Gasteiger partial charge in [-0.1, -0.05) is 55.5 Å². The average molecular weight is 366 g/mol. The van der Waals surface area contributed by atoms with Crippen LogP contribution in [0.3, 0.4) is 0 Å². The van der Waals surface area contributed by atoms with Crippen molar-refractivity contribution in [2.24, 2.45) is 0 Å². The summed E-state index contributed by atoms with van der Waals surface area (Å²) < 4.78 is 0. The van der Waals surface area contributed by atoms with Gasteiger partial charge in [0, 0.05) is 12.5 Å². The van der Waals surface area contributed by atoms with Crippen LogP contribution in [0.5, 0.6) is 0 Å². The number of aliphatic carboxylic acids is 1. The predicted octanol–water partition coefficient (Wildman–Crippen LogP) is -1.15. The number of carboxylic acids is 1. The van der Waals surface area contributed by atoms with Crippen LogP contribution < -0.4 is 61.8 Å². The van der Waals surface area contributed by atoms with Gasteiger partial charge in [-0.05, 0) is 36.1 Å². The summed E-state index contributed by atoms with van der Waals surface area (Å²) in [6, 6.07) is 14.3. The fourth-order valence-electron chi connectivity index (χ4n) is 2.80. The fourth-order valence-corrected chi connectivity index (χ4v) is 2.80. The molecule has 0 spiro atoms. The monoisotopic (exact) mass is 365 g/mol. The minimum Gasteiger partial charge on any atom is -0.548 e. The van der Waals surface area contributed by atoms with Gasteiger partial charge in [0.05, 0.1) is 18.1 Å². The third kappa shape index (κ3) is 6.00. The Kier molecular flexibility index (Phi) is 9.52. The second-order valence-electron chi connectivity index (χ2n) is 6.22. The van der Waals surface area contributed by atoms with Crippen LogP contribution in [-0.2, 0) is 4.79 Å². The Hall–Kier alpha value is -0.534. The van der Waals surface area contributed by atoms with Crippen molar-refractivity contribution in [2.45, 2.75) is 38.8 Å². The van der Waals surface area contributed by atoms with E-state index in [9.17, 15) is 15.0 Å². The number of rotatable bonds is 7. The molecule has 0 aromatic heterocycles. The number of hydrogen-bond acceptors (Lipinski definition) is 4. The summed E-state index contributed by atoms with van der Waals surface area (Å²) in [6.45, 7) is 5.93. The molecule has 0 aliphatic carbocycles. The minimum absolute atomic E-state index is 0. The van der Waals surface area contributed by atoms with Gasteiger partial charge < -0.3 is 20.3 Å². The van der Waals surface area contributed by atoms with Gasteiger partial charge in [-0.25, -0.2) is 0 Å². The first-order chi connectivity index (χ1) is 11.4. The summed E-state index contributed by atoms with van der Waals surface area (Å²) in [4.78, 5) is 11.6. The van der Waals surface area contributed by atoms with Gasteiger partial charge >= 0.3 is 51.4 Å². The van der Waals surface area contributed by atoms with Crippen LogP contribution in [-0.4, -0.2) is 23.7 Å². The SMILES string of the molecule is Cc1cccc(C(NCC(O)C(C)c2ccccc2)C(=O)[O-])c1C.[K+]. The van der Waals surface area contributed by atoms with Crippen molar-refractivity contribution in [1.82, 2.24) is 5.32 Å². The molecule has 0 bridgehead atoms. The summed E-state index contributed by atoms with van der Waals surface area (Å²) in [6.07, 6.45) is -0.695. The molecule has 2 aromatic rings. The van der Waals surface area contributed by atoms with Gasteiger partial charge in [0.2, 0.25) is 0 Å².